The number of esters is 1. The van der Waals surface area contributed by atoms with Crippen molar-refractivity contribution >= 4 is 14.6 Å². The molecule has 7 nitrogen and oxygen atoms in total. The minimum absolute atomic E-state index is 0.0131. The number of hydrogen-bond donors (Lipinski definition) is 1. The summed E-state index contributed by atoms with van der Waals surface area (Å²) < 4.78 is 23.0. The van der Waals surface area contributed by atoms with Crippen LogP contribution in [0.1, 0.15) is 109 Å². The summed E-state index contributed by atoms with van der Waals surface area (Å²) in [6, 6.07) is 8.11. The number of carbonyl (C=O) groups excluding carboxylic acids is 1. The number of ether oxygens (including phenoxy) is 2. The van der Waals surface area contributed by atoms with Crippen LogP contribution in [0.25, 0.3) is 0 Å². The van der Waals surface area contributed by atoms with Crippen LogP contribution in [0.4, 0.5) is 0 Å². The fourth-order valence-electron chi connectivity index (χ4n) is 4.52. The van der Waals surface area contributed by atoms with Crippen molar-refractivity contribution in [2.45, 2.75) is 116 Å². The zero-order valence-electron chi connectivity index (χ0n) is 26.2. The largest absolute Gasteiger partial charge is 0.490 e. The molecule has 8 heteroatoms. The molecule has 1 aromatic carbocycles. The highest BCUT2D eigenvalue weighted by atomic mass is 31.2. The van der Waals surface area contributed by atoms with Gasteiger partial charge in [0.15, 0.2) is 6.10 Å². The van der Waals surface area contributed by atoms with Crippen molar-refractivity contribution < 1.29 is 32.7 Å². The van der Waals surface area contributed by atoms with Gasteiger partial charge in [-0.2, -0.15) is 0 Å². The van der Waals surface area contributed by atoms with Gasteiger partial charge in [-0.25, -0.2) is 0 Å². The standard InChI is InChI=1S/C32H59NO6P/c1-6-7-8-9-10-11-12-13-14-15-16-17-21-30-22-20-23-31(26-30)36-27-32(39-29(2)34)28-38-40(35)37-25-19-18-24-33(3,4)5/h20,22-23,26,32,35H,6-19,21,24-25,27-28H2,1-5H3/q+1. The van der Waals surface area contributed by atoms with Crippen molar-refractivity contribution in [2.24, 2.45) is 0 Å². The van der Waals surface area contributed by atoms with E-state index in [1.165, 1.54) is 89.5 Å². The van der Waals surface area contributed by atoms with Gasteiger partial charge in [0.2, 0.25) is 0 Å². The summed E-state index contributed by atoms with van der Waals surface area (Å²) in [5, 5.41) is 0. The zero-order chi connectivity index (χ0) is 29.5. The molecule has 0 bridgehead atoms. The Hall–Kier alpha value is -1.24. The lowest BCUT2D eigenvalue weighted by Gasteiger charge is -2.23. The number of unbranched alkanes of at least 4 members (excludes halogenated alkanes) is 12. The van der Waals surface area contributed by atoms with Gasteiger partial charge in [-0.05, 0) is 43.4 Å². The Balaban J connectivity index is 2.25. The van der Waals surface area contributed by atoms with Crippen molar-refractivity contribution in [2.75, 3.05) is 47.5 Å². The van der Waals surface area contributed by atoms with Gasteiger partial charge in [0, 0.05) is 6.92 Å². The fraction of sp³-hybridized carbons (Fsp3) is 0.781. The summed E-state index contributed by atoms with van der Waals surface area (Å²) in [7, 11) is 4.42. The number of aryl methyl sites for hydroxylation is 1. The van der Waals surface area contributed by atoms with Crippen LogP contribution in [0.2, 0.25) is 0 Å². The summed E-state index contributed by atoms with van der Waals surface area (Å²) in [6.07, 6.45) is 18.4. The lowest BCUT2D eigenvalue weighted by molar-refractivity contribution is -0.870. The van der Waals surface area contributed by atoms with Crippen LogP contribution in [0, 0.1) is 0 Å². The molecule has 2 atom stereocenters. The molecule has 0 saturated carbocycles. The average molecular weight is 585 g/mol. The number of hydrogen-bond acceptors (Lipinski definition) is 6. The topological polar surface area (TPSA) is 74.2 Å². The SMILES string of the molecule is CCCCCCCCCCCCCCc1cccc(OCC(COP(O)OCCCC[N+](C)(C)C)OC(C)=O)c1. The van der Waals surface area contributed by atoms with Crippen LogP contribution in [0.5, 0.6) is 5.75 Å². The van der Waals surface area contributed by atoms with Crippen LogP contribution >= 0.6 is 8.60 Å². The van der Waals surface area contributed by atoms with Gasteiger partial charge < -0.3 is 27.9 Å². The predicted octanol–water partition coefficient (Wildman–Crippen LogP) is 7.98. The molecule has 1 N–H and O–H groups in total. The van der Waals surface area contributed by atoms with E-state index in [1.807, 2.05) is 12.1 Å². The first-order chi connectivity index (χ1) is 19.2. The first-order valence-electron chi connectivity index (χ1n) is 15.6. The van der Waals surface area contributed by atoms with Crippen molar-refractivity contribution in [3.05, 3.63) is 29.8 Å². The predicted molar refractivity (Wildman–Crippen MR) is 165 cm³/mol. The van der Waals surface area contributed by atoms with Crippen molar-refractivity contribution in [3.63, 3.8) is 0 Å². The summed E-state index contributed by atoms with van der Waals surface area (Å²) in [6.45, 7) is 5.26. The highest BCUT2D eigenvalue weighted by Crippen LogP contribution is 2.33. The second-order valence-electron chi connectivity index (χ2n) is 11.9. The first kappa shape index (κ1) is 36.8. The molecule has 0 fully saturated rings. The third kappa shape index (κ3) is 22.4. The van der Waals surface area contributed by atoms with Gasteiger partial charge in [0.25, 0.3) is 0 Å². The van der Waals surface area contributed by atoms with E-state index in [2.05, 4.69) is 40.2 Å². The molecule has 2 unspecified atom stereocenters. The maximum atomic E-state index is 11.6. The monoisotopic (exact) mass is 584 g/mol. The molecule has 40 heavy (non-hydrogen) atoms. The van der Waals surface area contributed by atoms with Crippen molar-refractivity contribution in [1.29, 1.82) is 0 Å². The third-order valence-corrected chi connectivity index (χ3v) is 7.56. The Bertz CT molecular complexity index is 757. The Morgan fingerprint density at radius 3 is 2.08 bits per heavy atom. The third-order valence-electron chi connectivity index (χ3n) is 6.78. The summed E-state index contributed by atoms with van der Waals surface area (Å²) in [4.78, 5) is 21.6. The Morgan fingerprint density at radius 2 is 1.48 bits per heavy atom. The Kier molecular flexibility index (Phi) is 21.5. The van der Waals surface area contributed by atoms with E-state index in [9.17, 15) is 9.69 Å². The highest BCUT2D eigenvalue weighted by Gasteiger charge is 2.18. The van der Waals surface area contributed by atoms with E-state index in [0.717, 1.165) is 36.0 Å². The molecule has 0 heterocycles. The van der Waals surface area contributed by atoms with Crippen molar-refractivity contribution in [1.82, 2.24) is 0 Å². The van der Waals surface area contributed by atoms with E-state index in [4.69, 9.17) is 18.5 Å². The lowest BCUT2D eigenvalue weighted by Crippen LogP contribution is -2.35. The summed E-state index contributed by atoms with van der Waals surface area (Å²) in [5.41, 5.74) is 1.25. The maximum Gasteiger partial charge on any atom is 0.329 e. The molecule has 0 radical (unpaired) electrons. The van der Waals surface area contributed by atoms with Gasteiger partial charge in [0.05, 0.1) is 40.9 Å². The molecule has 0 amide bonds. The van der Waals surface area contributed by atoms with Crippen LogP contribution in [0.15, 0.2) is 24.3 Å². The smallest absolute Gasteiger partial charge is 0.329 e. The highest BCUT2D eigenvalue weighted by molar-refractivity contribution is 7.40. The van der Waals surface area contributed by atoms with Crippen molar-refractivity contribution in [3.8, 4) is 5.75 Å². The van der Waals surface area contributed by atoms with E-state index < -0.39 is 20.7 Å². The number of rotatable bonds is 26. The molecule has 0 aromatic heterocycles. The number of benzene rings is 1. The molecule has 232 valence electrons. The molecule has 1 aromatic rings. The number of quaternary nitrogens is 1. The molecular weight excluding hydrogens is 525 g/mol. The van der Waals surface area contributed by atoms with Gasteiger partial charge in [-0.3, -0.25) is 4.79 Å². The molecule has 0 aliphatic rings. The second kappa shape index (κ2) is 23.3. The minimum atomic E-state index is -2.02. The molecule has 0 aliphatic heterocycles. The summed E-state index contributed by atoms with van der Waals surface area (Å²) >= 11 is 0. The number of carbonyl (C=O) groups is 1. The zero-order valence-corrected chi connectivity index (χ0v) is 27.1. The van der Waals surface area contributed by atoms with Crippen LogP contribution < -0.4 is 4.74 Å². The normalized spacial score (nSPS) is 13.2. The van der Waals surface area contributed by atoms with E-state index >= 15 is 0 Å². The minimum Gasteiger partial charge on any atom is -0.490 e. The molecule has 0 saturated heterocycles. The van der Waals surface area contributed by atoms with Crippen LogP contribution in [-0.4, -0.2) is 69.0 Å². The molecule has 0 aliphatic carbocycles. The van der Waals surface area contributed by atoms with Gasteiger partial charge in [-0.15, -0.1) is 0 Å². The quantitative estimate of drug-likeness (QED) is 0.0515. The maximum absolute atomic E-state index is 11.6. The number of nitrogens with zero attached hydrogens (tertiary/aromatic N) is 1. The van der Waals surface area contributed by atoms with Gasteiger partial charge >= 0.3 is 14.6 Å². The Morgan fingerprint density at radius 1 is 0.850 bits per heavy atom. The fourth-order valence-corrected chi connectivity index (χ4v) is 5.17. The molecular formula is C32H59NO6P+. The van der Waals surface area contributed by atoms with Crippen LogP contribution in [0.3, 0.4) is 0 Å². The Labute approximate surface area is 246 Å². The molecule has 0 spiro atoms. The van der Waals surface area contributed by atoms with E-state index in [1.54, 1.807) is 0 Å². The van der Waals surface area contributed by atoms with Gasteiger partial charge in [-0.1, -0.05) is 89.7 Å². The lowest BCUT2D eigenvalue weighted by atomic mass is 10.0. The van der Waals surface area contributed by atoms with Crippen LogP contribution in [-0.2, 0) is 25.0 Å². The van der Waals surface area contributed by atoms with E-state index in [-0.39, 0.29) is 13.2 Å². The summed E-state index contributed by atoms with van der Waals surface area (Å²) in [5.74, 6) is 0.328. The van der Waals surface area contributed by atoms with Gasteiger partial charge in [0.1, 0.15) is 12.4 Å². The first-order valence-corrected chi connectivity index (χ1v) is 16.8. The molecule has 1 rings (SSSR count). The average Bonchev–Trinajstić information content (AvgIpc) is 2.90. The van der Waals surface area contributed by atoms with E-state index in [0.29, 0.717) is 6.61 Å². The second-order valence-corrected chi connectivity index (χ2v) is 12.9.